The molecule has 2 aromatic heterocycles. The first-order chi connectivity index (χ1) is 9.33. The lowest BCUT2D eigenvalue weighted by Crippen LogP contribution is -1.92. The van der Waals surface area contributed by atoms with Gasteiger partial charge in [0.15, 0.2) is 5.69 Å². The Balaban J connectivity index is 2.17. The molecule has 3 rings (SSSR count). The van der Waals surface area contributed by atoms with Crippen molar-refractivity contribution in [2.24, 2.45) is 0 Å². The van der Waals surface area contributed by atoms with Crippen LogP contribution >= 0.6 is 11.3 Å². The van der Waals surface area contributed by atoms with Gasteiger partial charge in [-0.25, -0.2) is 4.98 Å². The zero-order valence-electron chi connectivity index (χ0n) is 10.5. The number of imidazole rings is 1. The average molecular weight is 268 g/mol. The van der Waals surface area contributed by atoms with Gasteiger partial charge in [-0.05, 0) is 6.42 Å². The number of aryl methyl sites for hydroxylation is 1. The largest absolute Gasteiger partial charge is 0.216 e. The van der Waals surface area contributed by atoms with Crippen LogP contribution in [0, 0.1) is 11.3 Å². The van der Waals surface area contributed by atoms with Crippen LogP contribution in [0.25, 0.3) is 16.2 Å². The summed E-state index contributed by atoms with van der Waals surface area (Å²) in [6.45, 7) is 2.12. The van der Waals surface area contributed by atoms with Crippen molar-refractivity contribution in [2.75, 3.05) is 0 Å². The Bertz CT molecular complexity index is 749. The number of rotatable bonds is 3. The third-order valence-electron chi connectivity index (χ3n) is 2.86. The monoisotopic (exact) mass is 268 g/mol. The van der Waals surface area contributed by atoms with Gasteiger partial charge in [-0.3, -0.25) is 0 Å². The number of hydrogen-bond donors (Lipinski definition) is 0. The molecule has 94 valence electrons. The molecule has 0 radical (unpaired) electrons. The first kappa shape index (κ1) is 11.9. The number of aromatic nitrogens is 3. The molecule has 0 aliphatic rings. The second kappa shape index (κ2) is 4.82. The number of fused-ring (bicyclic) bond motifs is 1. The molecule has 0 unspecified atom stereocenters. The quantitative estimate of drug-likeness (QED) is 0.732. The fourth-order valence-corrected chi connectivity index (χ4v) is 3.00. The lowest BCUT2D eigenvalue weighted by atomic mass is 10.1. The maximum absolute atomic E-state index is 9.36. The fraction of sp³-hybridized carbons (Fsp3) is 0.214. The summed E-state index contributed by atoms with van der Waals surface area (Å²) in [5.41, 5.74) is 2.18. The standard InChI is InChI=1S/C14H12N4S/c1-2-6-12-17-18-11(9-15)13(16-14(18)19-12)10-7-4-3-5-8-10/h3-5,7-8H,2,6H2,1H3. The van der Waals surface area contributed by atoms with E-state index in [0.717, 1.165) is 28.4 Å². The Kier molecular flexibility index (Phi) is 3.02. The van der Waals surface area contributed by atoms with Crippen molar-refractivity contribution < 1.29 is 0 Å². The summed E-state index contributed by atoms with van der Waals surface area (Å²) in [6.07, 6.45) is 1.98. The Labute approximate surface area is 115 Å². The third-order valence-corrected chi connectivity index (χ3v) is 3.83. The minimum absolute atomic E-state index is 0.514. The molecule has 3 aromatic rings. The molecule has 0 N–H and O–H groups in total. The van der Waals surface area contributed by atoms with E-state index in [-0.39, 0.29) is 0 Å². The van der Waals surface area contributed by atoms with Gasteiger partial charge in [0, 0.05) is 12.0 Å². The van der Waals surface area contributed by atoms with Crippen LogP contribution in [0.5, 0.6) is 0 Å². The van der Waals surface area contributed by atoms with E-state index in [2.05, 4.69) is 23.1 Å². The van der Waals surface area contributed by atoms with Gasteiger partial charge in [-0.2, -0.15) is 14.9 Å². The predicted octanol–water partition coefficient (Wildman–Crippen LogP) is 3.28. The molecule has 4 nitrogen and oxygen atoms in total. The van der Waals surface area contributed by atoms with E-state index in [1.807, 2.05) is 30.3 Å². The van der Waals surface area contributed by atoms with Gasteiger partial charge in [-0.1, -0.05) is 48.6 Å². The van der Waals surface area contributed by atoms with Gasteiger partial charge in [0.2, 0.25) is 4.96 Å². The van der Waals surface area contributed by atoms with Crippen LogP contribution in [0.3, 0.4) is 0 Å². The highest BCUT2D eigenvalue weighted by Crippen LogP contribution is 2.26. The molecule has 0 aliphatic heterocycles. The summed E-state index contributed by atoms with van der Waals surface area (Å²) >= 11 is 1.56. The summed E-state index contributed by atoms with van der Waals surface area (Å²) in [5.74, 6) is 0. The van der Waals surface area contributed by atoms with Gasteiger partial charge in [0.05, 0.1) is 0 Å². The van der Waals surface area contributed by atoms with Gasteiger partial charge >= 0.3 is 0 Å². The van der Waals surface area contributed by atoms with Crippen LogP contribution in [-0.2, 0) is 6.42 Å². The summed E-state index contributed by atoms with van der Waals surface area (Å²) in [7, 11) is 0. The normalized spacial score (nSPS) is 10.7. The molecular weight excluding hydrogens is 256 g/mol. The van der Waals surface area contributed by atoms with Crippen LogP contribution in [0.15, 0.2) is 30.3 Å². The molecule has 5 heteroatoms. The summed E-state index contributed by atoms with van der Waals surface area (Å²) in [6, 6.07) is 12.0. The van der Waals surface area contributed by atoms with Crippen molar-refractivity contribution in [1.82, 2.24) is 14.6 Å². The second-order valence-electron chi connectivity index (χ2n) is 4.23. The average Bonchev–Trinajstić information content (AvgIpc) is 2.96. The van der Waals surface area contributed by atoms with E-state index >= 15 is 0 Å². The van der Waals surface area contributed by atoms with Crippen molar-refractivity contribution in [3.05, 3.63) is 41.0 Å². The predicted molar refractivity (Wildman–Crippen MR) is 75.0 cm³/mol. The molecule has 0 bridgehead atoms. The highest BCUT2D eigenvalue weighted by Gasteiger charge is 2.17. The van der Waals surface area contributed by atoms with E-state index in [1.165, 1.54) is 0 Å². The van der Waals surface area contributed by atoms with Crippen LogP contribution in [0.4, 0.5) is 0 Å². The topological polar surface area (TPSA) is 54.0 Å². The van der Waals surface area contributed by atoms with Crippen molar-refractivity contribution in [3.8, 4) is 17.3 Å². The van der Waals surface area contributed by atoms with Crippen molar-refractivity contribution in [3.63, 3.8) is 0 Å². The number of nitrogens with zero attached hydrogens (tertiary/aromatic N) is 4. The highest BCUT2D eigenvalue weighted by molar-refractivity contribution is 7.16. The van der Waals surface area contributed by atoms with Gasteiger partial charge < -0.3 is 0 Å². The minimum Gasteiger partial charge on any atom is -0.216 e. The van der Waals surface area contributed by atoms with Gasteiger partial charge in [0.1, 0.15) is 16.8 Å². The Morgan fingerprint density at radius 2 is 2.11 bits per heavy atom. The van der Waals surface area contributed by atoms with E-state index in [9.17, 15) is 5.26 Å². The lowest BCUT2D eigenvalue weighted by molar-refractivity contribution is 0.843. The molecular formula is C14H12N4S. The zero-order valence-corrected chi connectivity index (χ0v) is 11.3. The first-order valence-electron chi connectivity index (χ1n) is 6.17. The molecule has 0 saturated heterocycles. The summed E-state index contributed by atoms with van der Waals surface area (Å²) in [5, 5.41) is 14.9. The summed E-state index contributed by atoms with van der Waals surface area (Å²) < 4.78 is 1.66. The Hall–Kier alpha value is -2.19. The molecule has 0 atom stereocenters. The smallest absolute Gasteiger partial charge is 0.214 e. The molecule has 0 saturated carbocycles. The number of nitriles is 1. The van der Waals surface area contributed by atoms with Crippen LogP contribution in [-0.4, -0.2) is 14.6 Å². The molecule has 0 aliphatic carbocycles. The van der Waals surface area contributed by atoms with E-state index < -0.39 is 0 Å². The first-order valence-corrected chi connectivity index (χ1v) is 6.99. The van der Waals surface area contributed by atoms with E-state index in [0.29, 0.717) is 11.4 Å². The van der Waals surface area contributed by atoms with Crippen molar-refractivity contribution >= 4 is 16.3 Å². The highest BCUT2D eigenvalue weighted by atomic mass is 32.1. The molecule has 0 fully saturated rings. The Morgan fingerprint density at radius 1 is 1.32 bits per heavy atom. The second-order valence-corrected chi connectivity index (χ2v) is 5.27. The minimum atomic E-state index is 0.514. The lowest BCUT2D eigenvalue weighted by Gasteiger charge is -1.96. The van der Waals surface area contributed by atoms with Crippen LogP contribution < -0.4 is 0 Å². The third kappa shape index (κ3) is 2.00. The van der Waals surface area contributed by atoms with Crippen LogP contribution in [0.1, 0.15) is 24.0 Å². The zero-order chi connectivity index (χ0) is 13.2. The maximum atomic E-state index is 9.36. The Morgan fingerprint density at radius 3 is 2.79 bits per heavy atom. The number of benzene rings is 1. The van der Waals surface area contributed by atoms with E-state index in [4.69, 9.17) is 0 Å². The fourth-order valence-electron chi connectivity index (χ4n) is 2.00. The molecule has 0 amide bonds. The molecule has 1 aromatic carbocycles. The number of hydrogen-bond acceptors (Lipinski definition) is 4. The van der Waals surface area contributed by atoms with Crippen molar-refractivity contribution in [2.45, 2.75) is 19.8 Å². The van der Waals surface area contributed by atoms with Gasteiger partial charge in [-0.15, -0.1) is 0 Å². The van der Waals surface area contributed by atoms with Crippen LogP contribution in [0.2, 0.25) is 0 Å². The molecule has 2 heterocycles. The molecule has 19 heavy (non-hydrogen) atoms. The maximum Gasteiger partial charge on any atom is 0.214 e. The van der Waals surface area contributed by atoms with Gasteiger partial charge in [0.25, 0.3) is 0 Å². The van der Waals surface area contributed by atoms with Crippen molar-refractivity contribution in [1.29, 1.82) is 5.26 Å². The summed E-state index contributed by atoms with van der Waals surface area (Å²) in [4.78, 5) is 5.34. The molecule has 0 spiro atoms. The SMILES string of the molecule is CCCc1nn2c(C#N)c(-c3ccccc3)nc2s1. The van der Waals surface area contributed by atoms with E-state index in [1.54, 1.807) is 15.9 Å².